The molecule has 0 saturated heterocycles. The van der Waals surface area contributed by atoms with Crippen LogP contribution in [0.3, 0.4) is 0 Å². The molecule has 3 N–H and O–H groups in total. The molecule has 1 aromatic heterocycles. The number of nitrogens with one attached hydrogen (secondary N) is 1. The van der Waals surface area contributed by atoms with Crippen LogP contribution in [0, 0.1) is 5.92 Å². The van der Waals surface area contributed by atoms with Crippen molar-refractivity contribution in [2.75, 3.05) is 0 Å². The number of amides is 1. The fourth-order valence-corrected chi connectivity index (χ4v) is 2.45. The van der Waals surface area contributed by atoms with Crippen LogP contribution in [0.2, 0.25) is 0 Å². The summed E-state index contributed by atoms with van der Waals surface area (Å²) in [6.07, 6.45) is -0.872. The van der Waals surface area contributed by atoms with Gasteiger partial charge in [-0.3, -0.25) is 9.78 Å². The minimum Gasteiger partial charge on any atom is -0.480 e. The van der Waals surface area contributed by atoms with Gasteiger partial charge in [-0.2, -0.15) is 0 Å². The number of aliphatic carboxylic acids is 1. The van der Waals surface area contributed by atoms with Crippen molar-refractivity contribution in [2.45, 2.75) is 38.8 Å². The molecule has 2 rings (SSSR count). The summed E-state index contributed by atoms with van der Waals surface area (Å²) in [6, 6.07) is 10.0. The smallest absolute Gasteiger partial charge is 0.326 e. The van der Waals surface area contributed by atoms with Crippen LogP contribution in [0.1, 0.15) is 26.0 Å². The molecule has 2 atom stereocenters. The summed E-state index contributed by atoms with van der Waals surface area (Å²) >= 11 is 0. The van der Waals surface area contributed by atoms with Crippen molar-refractivity contribution in [3.8, 4) is 0 Å². The van der Waals surface area contributed by atoms with E-state index in [0.29, 0.717) is 5.69 Å². The van der Waals surface area contributed by atoms with E-state index in [4.69, 9.17) is 0 Å². The highest BCUT2D eigenvalue weighted by molar-refractivity contribution is 5.86. The lowest BCUT2D eigenvalue weighted by Crippen LogP contribution is -2.47. The Morgan fingerprint density at radius 2 is 1.88 bits per heavy atom. The molecule has 6 nitrogen and oxygen atoms in total. The average molecular weight is 330 g/mol. The average Bonchev–Trinajstić information content (AvgIpc) is 2.53. The largest absolute Gasteiger partial charge is 0.480 e. The summed E-state index contributed by atoms with van der Waals surface area (Å²) in [5.74, 6) is -1.69. The Balaban J connectivity index is 2.09. The molecule has 1 amide bonds. The second kappa shape index (κ2) is 7.88. The first kappa shape index (κ1) is 17.9. The Morgan fingerprint density at radius 1 is 1.17 bits per heavy atom. The summed E-state index contributed by atoms with van der Waals surface area (Å²) in [5.41, 5.74) is 1.34. The third-order valence-corrected chi connectivity index (χ3v) is 3.68. The molecule has 1 heterocycles. The van der Waals surface area contributed by atoms with Crippen LogP contribution in [0.5, 0.6) is 0 Å². The van der Waals surface area contributed by atoms with Crippen molar-refractivity contribution < 1.29 is 19.8 Å². The normalized spacial score (nSPS) is 13.7. The van der Waals surface area contributed by atoms with Gasteiger partial charge < -0.3 is 15.5 Å². The zero-order valence-corrected chi connectivity index (χ0v) is 13.8. The third-order valence-electron chi connectivity index (χ3n) is 3.68. The molecule has 0 aliphatic heterocycles. The van der Waals surface area contributed by atoms with Gasteiger partial charge in [0.25, 0.3) is 0 Å². The fraction of sp³-hybridized carbons (Fsp3) is 0.389. The van der Waals surface area contributed by atoms with Gasteiger partial charge in [0, 0.05) is 17.5 Å². The molecule has 0 spiro atoms. The molecule has 6 heteroatoms. The van der Waals surface area contributed by atoms with E-state index in [2.05, 4.69) is 10.3 Å². The summed E-state index contributed by atoms with van der Waals surface area (Å²) in [6.45, 7) is 3.76. The fourth-order valence-electron chi connectivity index (χ4n) is 2.45. The van der Waals surface area contributed by atoms with Crippen LogP contribution in [0.25, 0.3) is 10.9 Å². The van der Waals surface area contributed by atoms with Gasteiger partial charge in [0.15, 0.2) is 0 Å². The van der Waals surface area contributed by atoms with Gasteiger partial charge in [0.05, 0.1) is 5.52 Å². The highest BCUT2D eigenvalue weighted by Gasteiger charge is 2.25. The number of nitrogens with zero attached hydrogens (tertiary/aromatic N) is 1. The third kappa shape index (κ3) is 4.76. The number of carbonyl (C=O) groups excluding carboxylic acids is 1. The first-order valence-electron chi connectivity index (χ1n) is 7.92. The maximum atomic E-state index is 12.0. The Labute approximate surface area is 140 Å². The standard InChI is InChI=1S/C18H22N2O4/c1-11(2)9-16(21)17(22)20-15(18(23)24)10-13-8-7-12-5-3-4-6-14(12)19-13/h3-8,11,15-16,21H,9-10H2,1-2H3,(H,20,22)(H,23,24)/t15-,16+/m0/s1. The number of rotatable bonds is 7. The van der Waals surface area contributed by atoms with Gasteiger partial charge in [0.1, 0.15) is 12.1 Å². The van der Waals surface area contributed by atoms with Crippen molar-refractivity contribution >= 4 is 22.8 Å². The van der Waals surface area contributed by atoms with Crippen LogP contribution in [0.15, 0.2) is 36.4 Å². The number of aliphatic hydroxyl groups is 1. The quantitative estimate of drug-likeness (QED) is 0.718. The molecule has 0 saturated carbocycles. The highest BCUT2D eigenvalue weighted by Crippen LogP contribution is 2.13. The number of aromatic nitrogens is 1. The van der Waals surface area contributed by atoms with Crippen molar-refractivity contribution in [3.63, 3.8) is 0 Å². The van der Waals surface area contributed by atoms with E-state index in [-0.39, 0.29) is 18.8 Å². The van der Waals surface area contributed by atoms with Crippen LogP contribution >= 0.6 is 0 Å². The lowest BCUT2D eigenvalue weighted by atomic mass is 10.0. The zero-order chi connectivity index (χ0) is 17.7. The van der Waals surface area contributed by atoms with Crippen LogP contribution in [-0.2, 0) is 16.0 Å². The Hall–Kier alpha value is -2.47. The topological polar surface area (TPSA) is 99.5 Å². The number of benzene rings is 1. The second-order valence-corrected chi connectivity index (χ2v) is 6.24. The van der Waals surface area contributed by atoms with Crippen molar-refractivity contribution in [1.82, 2.24) is 10.3 Å². The number of pyridine rings is 1. The lowest BCUT2D eigenvalue weighted by molar-refractivity contribution is -0.143. The molecule has 0 unspecified atom stereocenters. The lowest BCUT2D eigenvalue weighted by Gasteiger charge is -2.18. The van der Waals surface area contributed by atoms with Gasteiger partial charge in [-0.1, -0.05) is 38.1 Å². The number of hydrogen-bond acceptors (Lipinski definition) is 4. The van der Waals surface area contributed by atoms with Gasteiger partial charge in [0.2, 0.25) is 5.91 Å². The Morgan fingerprint density at radius 3 is 2.54 bits per heavy atom. The number of hydrogen-bond donors (Lipinski definition) is 3. The summed E-state index contributed by atoms with van der Waals surface area (Å²) in [5, 5.41) is 22.5. The number of carbonyl (C=O) groups is 2. The van der Waals surface area contributed by atoms with E-state index in [1.807, 2.05) is 44.2 Å². The first-order valence-corrected chi connectivity index (χ1v) is 7.92. The van der Waals surface area contributed by atoms with Crippen LogP contribution in [0.4, 0.5) is 0 Å². The second-order valence-electron chi connectivity index (χ2n) is 6.24. The van der Waals surface area contributed by atoms with Gasteiger partial charge in [-0.15, -0.1) is 0 Å². The number of aliphatic hydroxyl groups excluding tert-OH is 1. The van der Waals surface area contributed by atoms with E-state index in [1.165, 1.54) is 0 Å². The molecule has 128 valence electrons. The molecule has 0 fully saturated rings. The van der Waals surface area contributed by atoms with E-state index in [0.717, 1.165) is 10.9 Å². The molecule has 1 aromatic carbocycles. The summed E-state index contributed by atoms with van der Waals surface area (Å²) < 4.78 is 0. The van der Waals surface area contributed by atoms with Crippen molar-refractivity contribution in [3.05, 3.63) is 42.1 Å². The zero-order valence-electron chi connectivity index (χ0n) is 13.8. The predicted octanol–water partition coefficient (Wildman–Crippen LogP) is 1.75. The number of fused-ring (bicyclic) bond motifs is 1. The van der Waals surface area contributed by atoms with Gasteiger partial charge in [-0.05, 0) is 24.5 Å². The monoisotopic (exact) mass is 330 g/mol. The Kier molecular flexibility index (Phi) is 5.87. The molecule has 0 aliphatic carbocycles. The molecule has 24 heavy (non-hydrogen) atoms. The molecular formula is C18H22N2O4. The molecule has 0 bridgehead atoms. The van der Waals surface area contributed by atoms with Gasteiger partial charge in [-0.25, -0.2) is 4.79 Å². The van der Waals surface area contributed by atoms with Crippen molar-refractivity contribution in [2.24, 2.45) is 5.92 Å². The minimum absolute atomic E-state index is 0.0559. The molecule has 0 radical (unpaired) electrons. The molecule has 0 aliphatic rings. The van der Waals surface area contributed by atoms with Crippen molar-refractivity contribution in [1.29, 1.82) is 0 Å². The van der Waals surface area contributed by atoms with E-state index >= 15 is 0 Å². The minimum atomic E-state index is -1.21. The first-order chi connectivity index (χ1) is 11.4. The summed E-state index contributed by atoms with van der Waals surface area (Å²) in [4.78, 5) is 27.8. The van der Waals surface area contributed by atoms with E-state index < -0.39 is 24.0 Å². The van der Waals surface area contributed by atoms with Crippen LogP contribution in [-0.4, -0.2) is 39.2 Å². The number of para-hydroxylation sites is 1. The number of carboxylic acids is 1. The van der Waals surface area contributed by atoms with E-state index in [9.17, 15) is 19.8 Å². The molecule has 2 aromatic rings. The molecular weight excluding hydrogens is 308 g/mol. The SMILES string of the molecule is CC(C)C[C@@H](O)C(=O)N[C@@H](Cc1ccc2ccccc2n1)C(=O)O. The highest BCUT2D eigenvalue weighted by atomic mass is 16.4. The van der Waals surface area contributed by atoms with E-state index in [1.54, 1.807) is 6.07 Å². The van der Waals surface area contributed by atoms with Crippen LogP contribution < -0.4 is 5.32 Å². The predicted molar refractivity (Wildman–Crippen MR) is 90.5 cm³/mol. The maximum absolute atomic E-state index is 12.0. The maximum Gasteiger partial charge on any atom is 0.326 e. The number of carboxylic acid groups (broad SMARTS) is 1. The Bertz CT molecular complexity index is 730. The summed E-state index contributed by atoms with van der Waals surface area (Å²) in [7, 11) is 0. The van der Waals surface area contributed by atoms with Gasteiger partial charge >= 0.3 is 5.97 Å².